The second kappa shape index (κ2) is 7.47. The Kier molecular flexibility index (Phi) is 5.60. The van der Waals surface area contributed by atoms with Crippen LogP contribution in [0.5, 0.6) is 5.75 Å². The normalized spacial score (nSPS) is 12.8. The van der Waals surface area contributed by atoms with E-state index in [0.29, 0.717) is 17.1 Å². The molecule has 2 aromatic carbocycles. The Bertz CT molecular complexity index is 780. The molecule has 5 nitrogen and oxygen atoms in total. The van der Waals surface area contributed by atoms with Gasteiger partial charge in [-0.15, -0.1) is 0 Å². The molecule has 0 fully saturated rings. The van der Waals surface area contributed by atoms with Crippen molar-refractivity contribution in [1.82, 2.24) is 0 Å². The van der Waals surface area contributed by atoms with Gasteiger partial charge in [0.2, 0.25) is 0 Å². The molecule has 2 rings (SSSR count). The van der Waals surface area contributed by atoms with Gasteiger partial charge in [-0.2, -0.15) is 0 Å². The van der Waals surface area contributed by atoms with Crippen LogP contribution in [0.4, 0.5) is 11.4 Å². The quantitative estimate of drug-likeness (QED) is 0.758. The number of benzene rings is 2. The number of ether oxygens (including phenoxy) is 1. The first-order valence-corrected chi connectivity index (χ1v) is 8.01. The SMILES string of the molecule is [C-]#[N+]c1ccc(NC(=O)[C@@](C)(O)COc2ccc(Br)cc2)cc1C. The number of rotatable bonds is 5. The highest BCUT2D eigenvalue weighted by Crippen LogP contribution is 2.23. The second-order valence-corrected chi connectivity index (χ2v) is 6.50. The molecule has 1 amide bonds. The summed E-state index contributed by atoms with van der Waals surface area (Å²) in [7, 11) is 0. The molecule has 2 N–H and O–H groups in total. The third-order valence-corrected chi connectivity index (χ3v) is 3.93. The van der Waals surface area contributed by atoms with Crippen molar-refractivity contribution >= 4 is 33.2 Å². The van der Waals surface area contributed by atoms with Gasteiger partial charge in [-0.05, 0) is 55.8 Å². The molecular weight excluding hydrogens is 372 g/mol. The van der Waals surface area contributed by atoms with Gasteiger partial charge in [0, 0.05) is 10.2 Å². The molecule has 0 aliphatic carbocycles. The molecule has 6 heteroatoms. The summed E-state index contributed by atoms with van der Waals surface area (Å²) in [5.74, 6) is -0.0156. The van der Waals surface area contributed by atoms with Crippen molar-refractivity contribution in [2.45, 2.75) is 19.4 Å². The lowest BCUT2D eigenvalue weighted by atomic mass is 10.1. The van der Waals surface area contributed by atoms with E-state index in [9.17, 15) is 9.90 Å². The zero-order valence-corrected chi connectivity index (χ0v) is 14.9. The van der Waals surface area contributed by atoms with Crippen molar-refractivity contribution in [2.75, 3.05) is 11.9 Å². The van der Waals surface area contributed by atoms with E-state index < -0.39 is 11.5 Å². The van der Waals surface area contributed by atoms with E-state index in [1.54, 1.807) is 37.3 Å². The maximum absolute atomic E-state index is 12.3. The number of hydrogen-bond acceptors (Lipinski definition) is 3. The number of nitrogens with zero attached hydrogens (tertiary/aromatic N) is 1. The van der Waals surface area contributed by atoms with Crippen LogP contribution in [-0.2, 0) is 4.79 Å². The van der Waals surface area contributed by atoms with Crippen molar-refractivity contribution in [3.63, 3.8) is 0 Å². The Balaban J connectivity index is 2.00. The highest BCUT2D eigenvalue weighted by atomic mass is 79.9. The summed E-state index contributed by atoms with van der Waals surface area (Å²) < 4.78 is 6.39. The van der Waals surface area contributed by atoms with E-state index in [2.05, 4.69) is 26.1 Å². The number of carbonyl (C=O) groups excluding carboxylic acids is 1. The zero-order chi connectivity index (χ0) is 17.7. The molecule has 24 heavy (non-hydrogen) atoms. The van der Waals surface area contributed by atoms with Crippen molar-refractivity contribution < 1.29 is 14.6 Å². The summed E-state index contributed by atoms with van der Waals surface area (Å²) >= 11 is 3.32. The lowest BCUT2D eigenvalue weighted by Crippen LogP contribution is -2.45. The van der Waals surface area contributed by atoms with E-state index in [4.69, 9.17) is 11.3 Å². The third-order valence-electron chi connectivity index (χ3n) is 3.40. The van der Waals surface area contributed by atoms with Crippen LogP contribution in [0.3, 0.4) is 0 Å². The van der Waals surface area contributed by atoms with Crippen molar-refractivity contribution in [3.05, 3.63) is 63.9 Å². The summed E-state index contributed by atoms with van der Waals surface area (Å²) in [6, 6.07) is 12.1. The fourth-order valence-electron chi connectivity index (χ4n) is 1.94. The first kappa shape index (κ1) is 18.0. The second-order valence-electron chi connectivity index (χ2n) is 5.58. The summed E-state index contributed by atoms with van der Waals surface area (Å²) in [4.78, 5) is 15.6. The number of aliphatic hydroxyl groups is 1. The largest absolute Gasteiger partial charge is 0.490 e. The van der Waals surface area contributed by atoms with Gasteiger partial charge in [0.25, 0.3) is 5.91 Å². The maximum atomic E-state index is 12.3. The number of hydrogen-bond donors (Lipinski definition) is 2. The minimum absolute atomic E-state index is 0.181. The van der Waals surface area contributed by atoms with Crippen LogP contribution >= 0.6 is 15.9 Å². The van der Waals surface area contributed by atoms with Crippen LogP contribution in [0.1, 0.15) is 12.5 Å². The molecule has 0 aliphatic rings. The topological polar surface area (TPSA) is 62.9 Å². The molecule has 0 radical (unpaired) electrons. The minimum atomic E-state index is -1.69. The van der Waals surface area contributed by atoms with Crippen LogP contribution in [0.2, 0.25) is 0 Å². The van der Waals surface area contributed by atoms with Crippen molar-refractivity contribution in [3.8, 4) is 5.75 Å². The number of amides is 1. The third kappa shape index (κ3) is 4.57. The van der Waals surface area contributed by atoms with Gasteiger partial charge < -0.3 is 15.2 Å². The zero-order valence-electron chi connectivity index (χ0n) is 13.3. The monoisotopic (exact) mass is 388 g/mol. The molecule has 0 aliphatic heterocycles. The van der Waals surface area contributed by atoms with Crippen LogP contribution in [0, 0.1) is 13.5 Å². The predicted octanol–water partition coefficient (Wildman–Crippen LogP) is 4.08. The van der Waals surface area contributed by atoms with Gasteiger partial charge in [0.05, 0.1) is 6.57 Å². The van der Waals surface area contributed by atoms with Crippen molar-refractivity contribution in [1.29, 1.82) is 0 Å². The highest BCUT2D eigenvalue weighted by molar-refractivity contribution is 9.10. The van der Waals surface area contributed by atoms with E-state index in [1.807, 2.05) is 12.1 Å². The first-order chi connectivity index (χ1) is 11.3. The molecule has 2 aromatic rings. The predicted molar refractivity (Wildman–Crippen MR) is 96.3 cm³/mol. The van der Waals surface area contributed by atoms with Gasteiger partial charge >= 0.3 is 0 Å². The van der Waals surface area contributed by atoms with E-state index >= 15 is 0 Å². The smallest absolute Gasteiger partial charge is 0.259 e. The van der Waals surface area contributed by atoms with E-state index in [1.165, 1.54) is 6.92 Å². The van der Waals surface area contributed by atoms with Gasteiger partial charge in [0.15, 0.2) is 11.3 Å². The average molecular weight is 389 g/mol. The number of anilines is 1. The molecule has 0 spiro atoms. The van der Waals surface area contributed by atoms with Gasteiger partial charge in [-0.1, -0.05) is 22.0 Å². The van der Waals surface area contributed by atoms with Gasteiger partial charge in [0.1, 0.15) is 12.4 Å². The van der Waals surface area contributed by atoms with Crippen LogP contribution in [0.25, 0.3) is 4.85 Å². The molecule has 0 unspecified atom stereocenters. The molecule has 124 valence electrons. The fraction of sp³-hybridized carbons (Fsp3) is 0.222. The average Bonchev–Trinajstić information content (AvgIpc) is 2.54. The summed E-state index contributed by atoms with van der Waals surface area (Å²) in [6.45, 7) is 10.0. The van der Waals surface area contributed by atoms with E-state index in [-0.39, 0.29) is 6.61 Å². The number of aryl methyl sites for hydroxylation is 1. The van der Waals surface area contributed by atoms with Crippen molar-refractivity contribution in [2.24, 2.45) is 0 Å². The highest BCUT2D eigenvalue weighted by Gasteiger charge is 2.31. The molecular formula is C18H17BrN2O3. The summed E-state index contributed by atoms with van der Waals surface area (Å²) in [6.07, 6.45) is 0. The standard InChI is InChI=1S/C18H17BrN2O3/c1-12-10-14(6-9-16(12)20-3)21-17(22)18(2,23)11-24-15-7-4-13(19)5-8-15/h4-10,23H,11H2,1-2H3,(H,21,22)/t18-/m0/s1. The summed E-state index contributed by atoms with van der Waals surface area (Å²) in [5.41, 5.74) is 0.111. The molecule has 0 saturated carbocycles. The Morgan fingerprint density at radius 2 is 2.00 bits per heavy atom. The Hall–Kier alpha value is -2.36. The number of halogens is 1. The van der Waals surface area contributed by atoms with Crippen LogP contribution in [0.15, 0.2) is 46.9 Å². The fourth-order valence-corrected chi connectivity index (χ4v) is 2.21. The Morgan fingerprint density at radius 3 is 2.58 bits per heavy atom. The Labute approximate surface area is 149 Å². The molecule has 0 heterocycles. The molecule has 0 aromatic heterocycles. The number of nitrogens with one attached hydrogen (secondary N) is 1. The van der Waals surface area contributed by atoms with E-state index in [0.717, 1.165) is 10.0 Å². The van der Waals surface area contributed by atoms with Gasteiger partial charge in [-0.3, -0.25) is 4.79 Å². The van der Waals surface area contributed by atoms with Gasteiger partial charge in [-0.25, -0.2) is 4.85 Å². The molecule has 0 bridgehead atoms. The minimum Gasteiger partial charge on any atom is -0.490 e. The lowest BCUT2D eigenvalue weighted by Gasteiger charge is -2.22. The first-order valence-electron chi connectivity index (χ1n) is 7.22. The van der Waals surface area contributed by atoms with Crippen LogP contribution < -0.4 is 10.1 Å². The summed E-state index contributed by atoms with van der Waals surface area (Å²) in [5, 5.41) is 13.0. The molecule has 1 atom stereocenters. The van der Waals surface area contributed by atoms with Crippen LogP contribution in [-0.4, -0.2) is 23.2 Å². The maximum Gasteiger partial charge on any atom is 0.259 e. The lowest BCUT2D eigenvalue weighted by molar-refractivity contribution is -0.135. The number of carbonyl (C=O) groups is 1. The Morgan fingerprint density at radius 1 is 1.33 bits per heavy atom. The molecule has 0 saturated heterocycles.